The van der Waals surface area contributed by atoms with Gasteiger partial charge >= 0.3 is 0 Å². The Morgan fingerprint density at radius 2 is 1.86 bits per heavy atom. The van der Waals surface area contributed by atoms with Crippen LogP contribution in [-0.4, -0.2) is 9.78 Å². The average Bonchev–Trinajstić information content (AvgIpc) is 2.83. The molecule has 0 bridgehead atoms. The Morgan fingerprint density at radius 3 is 2.57 bits per heavy atom. The van der Waals surface area contributed by atoms with Gasteiger partial charge < -0.3 is 10.5 Å². The third kappa shape index (κ3) is 2.76. The van der Waals surface area contributed by atoms with E-state index in [0.717, 1.165) is 27.9 Å². The van der Waals surface area contributed by atoms with E-state index in [1.165, 1.54) is 0 Å². The molecule has 0 aliphatic carbocycles. The van der Waals surface area contributed by atoms with Gasteiger partial charge in [-0.15, -0.1) is 0 Å². The van der Waals surface area contributed by atoms with Crippen molar-refractivity contribution < 1.29 is 4.74 Å². The standard InChI is InChI=1S/C17H19N3O/c1-12(18)13-7-9-14(10-8-13)21-11-16-15-5-3-4-6-17(15)20(2)19-16/h3-10,12H,11,18H2,1-2H3/t12-/m1/s1. The molecule has 2 aromatic carbocycles. The van der Waals surface area contributed by atoms with Crippen molar-refractivity contribution in [1.82, 2.24) is 9.78 Å². The Balaban J connectivity index is 1.77. The smallest absolute Gasteiger partial charge is 0.133 e. The minimum atomic E-state index is 0.0405. The van der Waals surface area contributed by atoms with Crippen LogP contribution in [0.3, 0.4) is 0 Å². The lowest BCUT2D eigenvalue weighted by Gasteiger charge is -2.08. The monoisotopic (exact) mass is 281 g/mol. The van der Waals surface area contributed by atoms with E-state index < -0.39 is 0 Å². The molecule has 0 fully saturated rings. The van der Waals surface area contributed by atoms with Gasteiger partial charge in [-0.05, 0) is 30.7 Å². The molecule has 0 unspecified atom stereocenters. The maximum Gasteiger partial charge on any atom is 0.133 e. The van der Waals surface area contributed by atoms with Gasteiger partial charge in [0, 0.05) is 18.5 Å². The van der Waals surface area contributed by atoms with Crippen molar-refractivity contribution >= 4 is 10.9 Å². The molecule has 0 aliphatic rings. The second kappa shape index (κ2) is 5.58. The van der Waals surface area contributed by atoms with Crippen molar-refractivity contribution in [2.45, 2.75) is 19.6 Å². The first-order valence-electron chi connectivity index (χ1n) is 7.04. The van der Waals surface area contributed by atoms with E-state index in [1.54, 1.807) is 0 Å². The first-order valence-corrected chi connectivity index (χ1v) is 7.04. The van der Waals surface area contributed by atoms with Gasteiger partial charge in [0.1, 0.15) is 18.1 Å². The van der Waals surface area contributed by atoms with Crippen molar-refractivity contribution in [3.05, 3.63) is 59.8 Å². The molecule has 0 amide bonds. The number of hydrogen-bond acceptors (Lipinski definition) is 3. The number of nitrogens with zero attached hydrogens (tertiary/aromatic N) is 2. The molecule has 1 heterocycles. The largest absolute Gasteiger partial charge is 0.487 e. The fourth-order valence-electron chi connectivity index (χ4n) is 2.41. The number of hydrogen-bond donors (Lipinski definition) is 1. The molecule has 0 saturated carbocycles. The SMILES string of the molecule is C[C@@H](N)c1ccc(OCc2nn(C)c3ccccc23)cc1. The highest BCUT2D eigenvalue weighted by Gasteiger charge is 2.08. The zero-order valence-corrected chi connectivity index (χ0v) is 12.3. The molecule has 0 radical (unpaired) electrons. The number of aromatic nitrogens is 2. The topological polar surface area (TPSA) is 53.1 Å². The summed E-state index contributed by atoms with van der Waals surface area (Å²) in [5.41, 5.74) is 9.01. The lowest BCUT2D eigenvalue weighted by atomic mass is 10.1. The van der Waals surface area contributed by atoms with E-state index in [-0.39, 0.29) is 6.04 Å². The lowest BCUT2D eigenvalue weighted by Crippen LogP contribution is -2.04. The Labute approximate surface area is 124 Å². The van der Waals surface area contributed by atoms with Crippen molar-refractivity contribution in [3.8, 4) is 5.75 Å². The number of fused-ring (bicyclic) bond motifs is 1. The quantitative estimate of drug-likeness (QED) is 0.799. The maximum absolute atomic E-state index is 5.84. The highest BCUT2D eigenvalue weighted by atomic mass is 16.5. The van der Waals surface area contributed by atoms with Crippen LogP contribution < -0.4 is 10.5 Å². The number of nitrogens with two attached hydrogens (primary N) is 1. The number of aryl methyl sites for hydroxylation is 1. The van der Waals surface area contributed by atoms with Crippen LogP contribution in [0.15, 0.2) is 48.5 Å². The molecule has 3 aromatic rings. The molecule has 4 heteroatoms. The lowest BCUT2D eigenvalue weighted by molar-refractivity contribution is 0.301. The molecule has 0 spiro atoms. The molecule has 0 aliphatic heterocycles. The van der Waals surface area contributed by atoms with Crippen molar-refractivity contribution in [2.75, 3.05) is 0 Å². The summed E-state index contributed by atoms with van der Waals surface area (Å²) in [6.07, 6.45) is 0. The van der Waals surface area contributed by atoms with Crippen LogP contribution >= 0.6 is 0 Å². The fourth-order valence-corrected chi connectivity index (χ4v) is 2.41. The highest BCUT2D eigenvalue weighted by Crippen LogP contribution is 2.21. The van der Waals surface area contributed by atoms with Crippen LogP contribution in [-0.2, 0) is 13.7 Å². The van der Waals surface area contributed by atoms with Crippen molar-refractivity contribution in [3.63, 3.8) is 0 Å². The first-order chi connectivity index (χ1) is 10.1. The van der Waals surface area contributed by atoms with E-state index >= 15 is 0 Å². The molecule has 2 N–H and O–H groups in total. The third-order valence-electron chi connectivity index (χ3n) is 3.62. The Hall–Kier alpha value is -2.33. The molecule has 108 valence electrons. The molecule has 1 aromatic heterocycles. The van der Waals surface area contributed by atoms with Gasteiger partial charge in [-0.2, -0.15) is 5.10 Å². The first kappa shape index (κ1) is 13.6. The molecule has 21 heavy (non-hydrogen) atoms. The highest BCUT2D eigenvalue weighted by molar-refractivity contribution is 5.81. The van der Waals surface area contributed by atoms with E-state index in [4.69, 9.17) is 10.5 Å². The van der Waals surface area contributed by atoms with E-state index in [0.29, 0.717) is 6.61 Å². The summed E-state index contributed by atoms with van der Waals surface area (Å²) in [6, 6.07) is 16.1. The Bertz CT molecular complexity index is 744. The maximum atomic E-state index is 5.84. The van der Waals surface area contributed by atoms with Gasteiger partial charge in [0.2, 0.25) is 0 Å². The number of benzene rings is 2. The van der Waals surface area contributed by atoms with Crippen LogP contribution in [0.1, 0.15) is 24.2 Å². The molecule has 0 saturated heterocycles. The molecule has 4 nitrogen and oxygen atoms in total. The van der Waals surface area contributed by atoms with Gasteiger partial charge in [-0.25, -0.2) is 0 Å². The van der Waals surface area contributed by atoms with Crippen LogP contribution in [0.5, 0.6) is 5.75 Å². The van der Waals surface area contributed by atoms with Gasteiger partial charge in [-0.3, -0.25) is 4.68 Å². The second-order valence-corrected chi connectivity index (χ2v) is 5.23. The number of ether oxygens (including phenoxy) is 1. The average molecular weight is 281 g/mol. The number of para-hydroxylation sites is 1. The number of rotatable bonds is 4. The summed E-state index contributed by atoms with van der Waals surface area (Å²) in [5.74, 6) is 0.828. The summed E-state index contributed by atoms with van der Waals surface area (Å²) in [7, 11) is 1.95. The summed E-state index contributed by atoms with van der Waals surface area (Å²) in [4.78, 5) is 0. The fraction of sp³-hybridized carbons (Fsp3) is 0.235. The molecule has 1 atom stereocenters. The van der Waals surface area contributed by atoms with Crippen LogP contribution in [0.4, 0.5) is 0 Å². The zero-order valence-electron chi connectivity index (χ0n) is 12.3. The van der Waals surface area contributed by atoms with E-state index in [1.807, 2.05) is 55.1 Å². The van der Waals surface area contributed by atoms with Crippen molar-refractivity contribution in [2.24, 2.45) is 12.8 Å². The Morgan fingerprint density at radius 1 is 1.14 bits per heavy atom. The van der Waals surface area contributed by atoms with Gasteiger partial charge in [0.15, 0.2) is 0 Å². The molecular formula is C17H19N3O. The predicted molar refractivity (Wildman–Crippen MR) is 84.1 cm³/mol. The molecular weight excluding hydrogens is 262 g/mol. The van der Waals surface area contributed by atoms with Gasteiger partial charge in [0.05, 0.1) is 5.52 Å². The minimum Gasteiger partial charge on any atom is -0.487 e. The predicted octanol–water partition coefficient (Wildman–Crippen LogP) is 3.17. The van der Waals surface area contributed by atoms with Crippen molar-refractivity contribution in [1.29, 1.82) is 0 Å². The normalized spacial score (nSPS) is 12.5. The summed E-state index contributed by atoms with van der Waals surface area (Å²) >= 11 is 0. The van der Waals surface area contributed by atoms with Gasteiger partial charge in [0.25, 0.3) is 0 Å². The molecule has 3 rings (SSSR count). The second-order valence-electron chi connectivity index (χ2n) is 5.23. The van der Waals surface area contributed by atoms with Crippen LogP contribution in [0, 0.1) is 0 Å². The van der Waals surface area contributed by atoms with Crippen LogP contribution in [0.2, 0.25) is 0 Å². The summed E-state index contributed by atoms with van der Waals surface area (Å²) < 4.78 is 7.71. The van der Waals surface area contributed by atoms with Crippen LogP contribution in [0.25, 0.3) is 10.9 Å². The Kier molecular flexibility index (Phi) is 3.62. The summed E-state index contributed by atoms with van der Waals surface area (Å²) in [6.45, 7) is 2.43. The van der Waals surface area contributed by atoms with E-state index in [9.17, 15) is 0 Å². The van der Waals surface area contributed by atoms with Gasteiger partial charge in [-0.1, -0.05) is 30.3 Å². The summed E-state index contributed by atoms with van der Waals surface area (Å²) in [5, 5.41) is 5.65. The zero-order chi connectivity index (χ0) is 14.8. The third-order valence-corrected chi connectivity index (χ3v) is 3.62. The van der Waals surface area contributed by atoms with E-state index in [2.05, 4.69) is 17.2 Å². The minimum absolute atomic E-state index is 0.0405.